The molecule has 0 radical (unpaired) electrons. The minimum Gasteiger partial charge on any atom is -0.321 e. The molecular weight excluding hydrogens is 477 g/mol. The third kappa shape index (κ3) is 5.06. The van der Waals surface area contributed by atoms with Crippen molar-refractivity contribution in [2.45, 2.75) is 52.6 Å². The van der Waals surface area contributed by atoms with E-state index in [4.69, 9.17) is 11.6 Å². The van der Waals surface area contributed by atoms with Gasteiger partial charge in [0.1, 0.15) is 5.78 Å². The predicted octanol–water partition coefficient (Wildman–Crippen LogP) is 7.12. The van der Waals surface area contributed by atoms with Crippen LogP contribution in [0.4, 0.5) is 18.9 Å². The van der Waals surface area contributed by atoms with Crippen LogP contribution in [0.5, 0.6) is 0 Å². The van der Waals surface area contributed by atoms with Crippen LogP contribution in [-0.4, -0.2) is 17.4 Å². The molecule has 1 fully saturated rings. The number of Topliss-reactive ketones (excluding diaryl/α,β-unsaturated/α-hetero) is 1. The molecule has 2 aromatic rings. The van der Waals surface area contributed by atoms with Gasteiger partial charge >= 0.3 is 6.18 Å². The lowest BCUT2D eigenvalue weighted by molar-refractivity contribution is -0.137. The SMILES string of the molecule is CC1=C(C(=O)Nc2cc(C(F)(F)F)ccc2Cl)[C@H](c2ccc(C)cc2)C2C(=O)CC(C)(C)CC2=N1. The Morgan fingerprint density at radius 3 is 2.34 bits per heavy atom. The number of aryl methyl sites for hydroxylation is 1. The number of hydrogen-bond donors (Lipinski definition) is 1. The molecule has 35 heavy (non-hydrogen) atoms. The van der Waals surface area contributed by atoms with E-state index >= 15 is 0 Å². The molecule has 1 unspecified atom stereocenters. The number of amides is 1. The normalized spacial score (nSPS) is 21.9. The van der Waals surface area contributed by atoms with E-state index in [1.54, 1.807) is 6.92 Å². The molecule has 0 bridgehead atoms. The van der Waals surface area contributed by atoms with Crippen LogP contribution in [-0.2, 0) is 15.8 Å². The first-order valence-electron chi connectivity index (χ1n) is 11.3. The first-order valence-corrected chi connectivity index (χ1v) is 11.7. The highest BCUT2D eigenvalue weighted by atomic mass is 35.5. The summed E-state index contributed by atoms with van der Waals surface area (Å²) in [4.78, 5) is 31.6. The number of benzene rings is 2. The van der Waals surface area contributed by atoms with Crippen molar-refractivity contribution >= 4 is 34.7 Å². The van der Waals surface area contributed by atoms with Crippen LogP contribution < -0.4 is 5.32 Å². The fraction of sp³-hybridized carbons (Fsp3) is 0.370. The Labute approximate surface area is 207 Å². The van der Waals surface area contributed by atoms with Crippen LogP contribution in [0.15, 0.2) is 58.7 Å². The minimum absolute atomic E-state index is 0.000441. The van der Waals surface area contributed by atoms with E-state index in [-0.39, 0.29) is 27.5 Å². The summed E-state index contributed by atoms with van der Waals surface area (Å²) in [5.41, 5.74) is 1.92. The molecule has 1 amide bonds. The average Bonchev–Trinajstić information content (AvgIpc) is 2.73. The summed E-state index contributed by atoms with van der Waals surface area (Å²) in [6, 6.07) is 10.4. The van der Waals surface area contributed by atoms with Gasteiger partial charge in [0.15, 0.2) is 0 Å². The Morgan fingerprint density at radius 2 is 1.71 bits per heavy atom. The van der Waals surface area contributed by atoms with Gasteiger partial charge in [-0.2, -0.15) is 13.2 Å². The number of alkyl halides is 3. The maximum absolute atomic E-state index is 13.6. The summed E-state index contributed by atoms with van der Waals surface area (Å²) >= 11 is 6.12. The molecule has 2 atom stereocenters. The van der Waals surface area contributed by atoms with Crippen molar-refractivity contribution in [1.29, 1.82) is 0 Å². The third-order valence-electron chi connectivity index (χ3n) is 6.59. The van der Waals surface area contributed by atoms with Crippen LogP contribution in [0.3, 0.4) is 0 Å². The number of rotatable bonds is 3. The van der Waals surface area contributed by atoms with Gasteiger partial charge in [-0.05, 0) is 49.4 Å². The van der Waals surface area contributed by atoms with Gasteiger partial charge in [0, 0.05) is 29.3 Å². The number of fused-ring (bicyclic) bond motifs is 1. The molecule has 0 saturated heterocycles. The number of anilines is 1. The van der Waals surface area contributed by atoms with E-state index in [0.717, 1.165) is 35.0 Å². The summed E-state index contributed by atoms with van der Waals surface area (Å²) in [6.07, 6.45) is -3.61. The molecule has 1 aliphatic heterocycles. The zero-order chi connectivity index (χ0) is 25.7. The van der Waals surface area contributed by atoms with Gasteiger partial charge in [0.05, 0.1) is 22.2 Å². The molecule has 1 aliphatic carbocycles. The lowest BCUT2D eigenvalue weighted by Crippen LogP contribution is -2.44. The number of aliphatic imine (C=N–C) groups is 1. The van der Waals surface area contributed by atoms with E-state index in [9.17, 15) is 22.8 Å². The number of carbonyl (C=O) groups excluding carboxylic acids is 2. The lowest BCUT2D eigenvalue weighted by Gasteiger charge is -2.41. The van der Waals surface area contributed by atoms with Crippen molar-refractivity contribution in [2.24, 2.45) is 16.3 Å². The van der Waals surface area contributed by atoms with Crippen LogP contribution in [0.25, 0.3) is 0 Å². The number of hydrogen-bond acceptors (Lipinski definition) is 3. The molecule has 4 nitrogen and oxygen atoms in total. The third-order valence-corrected chi connectivity index (χ3v) is 6.92. The molecule has 4 rings (SSSR count). The zero-order valence-corrected chi connectivity index (χ0v) is 20.6. The van der Waals surface area contributed by atoms with Crippen LogP contribution >= 0.6 is 11.6 Å². The highest BCUT2D eigenvalue weighted by Gasteiger charge is 2.47. The van der Waals surface area contributed by atoms with Crippen LogP contribution in [0.1, 0.15) is 56.2 Å². The minimum atomic E-state index is -4.59. The zero-order valence-electron chi connectivity index (χ0n) is 19.9. The molecule has 8 heteroatoms. The van der Waals surface area contributed by atoms with Crippen LogP contribution in [0.2, 0.25) is 5.02 Å². The number of nitrogens with zero attached hydrogens (tertiary/aromatic N) is 1. The highest BCUT2D eigenvalue weighted by Crippen LogP contribution is 2.47. The molecule has 1 heterocycles. The van der Waals surface area contributed by atoms with E-state index < -0.39 is 29.5 Å². The largest absolute Gasteiger partial charge is 0.416 e. The Balaban J connectivity index is 1.80. The first kappa shape index (κ1) is 25.2. The van der Waals surface area contributed by atoms with E-state index in [0.29, 0.717) is 18.5 Å². The maximum atomic E-state index is 13.6. The second-order valence-corrected chi connectivity index (χ2v) is 10.5. The molecule has 1 N–H and O–H groups in total. The van der Waals surface area contributed by atoms with E-state index in [1.807, 2.05) is 45.0 Å². The first-order chi connectivity index (χ1) is 16.3. The van der Waals surface area contributed by atoms with Gasteiger partial charge in [-0.1, -0.05) is 55.3 Å². The Kier molecular flexibility index (Phi) is 6.43. The lowest BCUT2D eigenvalue weighted by atomic mass is 9.63. The summed E-state index contributed by atoms with van der Waals surface area (Å²) in [5, 5.41) is 2.53. The molecule has 1 saturated carbocycles. The van der Waals surface area contributed by atoms with Gasteiger partial charge in [-0.25, -0.2) is 0 Å². The van der Waals surface area contributed by atoms with Gasteiger partial charge in [0.25, 0.3) is 5.91 Å². The monoisotopic (exact) mass is 502 g/mol. The molecule has 0 spiro atoms. The van der Waals surface area contributed by atoms with Crippen molar-refractivity contribution in [2.75, 3.05) is 5.32 Å². The summed E-state index contributed by atoms with van der Waals surface area (Å²) in [7, 11) is 0. The highest BCUT2D eigenvalue weighted by molar-refractivity contribution is 6.34. The number of nitrogens with one attached hydrogen (secondary N) is 1. The topological polar surface area (TPSA) is 58.5 Å². The number of halogens is 4. The molecule has 184 valence electrons. The smallest absolute Gasteiger partial charge is 0.321 e. The number of allylic oxidation sites excluding steroid dienone is 1. The Hall–Kier alpha value is -2.93. The van der Waals surface area contributed by atoms with Gasteiger partial charge in [-0.3, -0.25) is 14.6 Å². The molecule has 0 aromatic heterocycles. The van der Waals surface area contributed by atoms with Crippen molar-refractivity contribution in [3.63, 3.8) is 0 Å². The Bertz CT molecular complexity index is 1260. The number of ketones is 1. The summed E-state index contributed by atoms with van der Waals surface area (Å²) in [6.45, 7) is 7.66. The van der Waals surface area contributed by atoms with Gasteiger partial charge in [-0.15, -0.1) is 0 Å². The average molecular weight is 503 g/mol. The predicted molar refractivity (Wildman–Crippen MR) is 131 cm³/mol. The summed E-state index contributed by atoms with van der Waals surface area (Å²) in [5.74, 6) is -1.83. The van der Waals surface area contributed by atoms with Gasteiger partial charge < -0.3 is 5.32 Å². The Morgan fingerprint density at radius 1 is 1.06 bits per heavy atom. The van der Waals surface area contributed by atoms with E-state index in [2.05, 4.69) is 10.3 Å². The van der Waals surface area contributed by atoms with Crippen molar-refractivity contribution in [3.05, 3.63) is 75.4 Å². The maximum Gasteiger partial charge on any atom is 0.416 e. The standard InChI is InChI=1S/C27H26ClF3N2O2/c1-14-5-7-16(8-6-14)23-22(15(2)32-20-12-26(3,4)13-21(34)24(20)23)25(35)33-19-11-17(27(29,30)31)9-10-18(19)28/h5-11,23-24H,12-13H2,1-4H3,(H,33,35)/t23-,24?/m0/s1. The van der Waals surface area contributed by atoms with Crippen molar-refractivity contribution in [1.82, 2.24) is 0 Å². The second kappa shape index (κ2) is 8.94. The fourth-order valence-electron chi connectivity index (χ4n) is 5.01. The molecular formula is C27H26ClF3N2O2. The molecule has 2 aliphatic rings. The van der Waals surface area contributed by atoms with Crippen molar-refractivity contribution in [3.8, 4) is 0 Å². The molecule has 2 aromatic carbocycles. The fourth-order valence-corrected chi connectivity index (χ4v) is 5.18. The number of carbonyl (C=O) groups is 2. The van der Waals surface area contributed by atoms with Crippen molar-refractivity contribution < 1.29 is 22.8 Å². The van der Waals surface area contributed by atoms with E-state index in [1.165, 1.54) is 0 Å². The summed E-state index contributed by atoms with van der Waals surface area (Å²) < 4.78 is 39.7. The second-order valence-electron chi connectivity index (χ2n) is 10.1. The quantitative estimate of drug-likeness (QED) is 0.485. The van der Waals surface area contributed by atoms with Gasteiger partial charge in [0.2, 0.25) is 0 Å². The van der Waals surface area contributed by atoms with Crippen LogP contribution in [0, 0.1) is 18.3 Å².